The Hall–Kier alpha value is -2.46. The van der Waals surface area contributed by atoms with Crippen LogP contribution in [0.1, 0.15) is 18.1 Å². The molecule has 2 aromatic heterocycles. The highest BCUT2D eigenvalue weighted by Gasteiger charge is 2.06. The van der Waals surface area contributed by atoms with Gasteiger partial charge in [-0.3, -0.25) is 0 Å². The molecule has 0 radical (unpaired) electrons. The lowest BCUT2D eigenvalue weighted by Gasteiger charge is -2.08. The van der Waals surface area contributed by atoms with Crippen LogP contribution < -0.4 is 5.73 Å². The van der Waals surface area contributed by atoms with Gasteiger partial charge in [0.2, 0.25) is 0 Å². The fourth-order valence-corrected chi connectivity index (χ4v) is 2.87. The summed E-state index contributed by atoms with van der Waals surface area (Å²) in [4.78, 5) is 8.49. The molecule has 0 unspecified atom stereocenters. The van der Waals surface area contributed by atoms with Crippen LogP contribution in [-0.2, 0) is 0 Å². The maximum atomic E-state index is 5.64. The minimum absolute atomic E-state index is 0.535. The van der Waals surface area contributed by atoms with Crippen molar-refractivity contribution in [3.8, 4) is 10.6 Å². The van der Waals surface area contributed by atoms with E-state index in [1.807, 2.05) is 30.6 Å². The molecule has 1 aromatic carbocycles. The molecule has 0 amide bonds. The molecule has 0 spiro atoms. The number of benzene rings is 1. The smallest absolute Gasteiger partial charge is 0.123 e. The first-order valence-corrected chi connectivity index (χ1v) is 7.54. The van der Waals surface area contributed by atoms with Gasteiger partial charge in [-0.15, -0.1) is 11.3 Å². The fourth-order valence-electron chi connectivity index (χ4n) is 2.22. The normalized spacial score (nSPS) is 11.6. The van der Waals surface area contributed by atoms with E-state index in [4.69, 9.17) is 5.73 Å². The van der Waals surface area contributed by atoms with Crippen molar-refractivity contribution in [1.82, 2.24) is 9.97 Å². The maximum Gasteiger partial charge on any atom is 0.123 e. The molecule has 3 nitrogen and oxygen atoms in total. The standard InChI is InChI=1S/C17H15N3S/c1-2-15(14-7-8-16(18)20-11-14)12-3-5-13(6-4-12)17-19-9-10-21-17/h2-11H,1H3,(H2,18,20)/b15-2-. The Bertz CT molecular complexity index is 742. The van der Waals surface area contributed by atoms with Crippen LogP contribution in [0.25, 0.3) is 16.1 Å². The van der Waals surface area contributed by atoms with Gasteiger partial charge in [0.15, 0.2) is 0 Å². The molecule has 0 aliphatic heterocycles. The van der Waals surface area contributed by atoms with Gasteiger partial charge in [-0.1, -0.05) is 30.3 Å². The van der Waals surface area contributed by atoms with Gasteiger partial charge in [0.25, 0.3) is 0 Å². The predicted molar refractivity (Wildman–Crippen MR) is 89.0 cm³/mol. The molecular weight excluding hydrogens is 278 g/mol. The van der Waals surface area contributed by atoms with Crippen LogP contribution in [0, 0.1) is 0 Å². The summed E-state index contributed by atoms with van der Waals surface area (Å²) in [5.41, 5.74) is 10.2. The molecule has 104 valence electrons. The van der Waals surface area contributed by atoms with Gasteiger partial charge in [-0.2, -0.15) is 0 Å². The number of nitrogens with zero attached hydrogens (tertiary/aromatic N) is 2. The van der Waals surface area contributed by atoms with Crippen LogP contribution in [0.2, 0.25) is 0 Å². The zero-order valence-electron chi connectivity index (χ0n) is 11.7. The van der Waals surface area contributed by atoms with Gasteiger partial charge in [0, 0.05) is 28.9 Å². The van der Waals surface area contributed by atoms with Crippen LogP contribution in [0.5, 0.6) is 0 Å². The number of hydrogen-bond donors (Lipinski definition) is 1. The average Bonchev–Trinajstić information content (AvgIpc) is 3.05. The molecule has 0 saturated heterocycles. The summed E-state index contributed by atoms with van der Waals surface area (Å²) in [5, 5.41) is 3.03. The van der Waals surface area contributed by atoms with E-state index in [1.54, 1.807) is 17.5 Å². The van der Waals surface area contributed by atoms with E-state index >= 15 is 0 Å². The monoisotopic (exact) mass is 293 g/mol. The highest BCUT2D eigenvalue weighted by molar-refractivity contribution is 7.13. The molecule has 0 atom stereocenters. The summed E-state index contributed by atoms with van der Waals surface area (Å²) in [6, 6.07) is 12.2. The maximum absolute atomic E-state index is 5.64. The predicted octanol–water partition coefficient (Wildman–Crippen LogP) is 4.24. The minimum Gasteiger partial charge on any atom is -0.384 e. The zero-order chi connectivity index (χ0) is 14.7. The molecular formula is C17H15N3S. The Morgan fingerprint density at radius 3 is 2.38 bits per heavy atom. The van der Waals surface area contributed by atoms with E-state index in [0.717, 1.165) is 27.3 Å². The van der Waals surface area contributed by atoms with Crippen LogP contribution in [0.15, 0.2) is 60.2 Å². The summed E-state index contributed by atoms with van der Waals surface area (Å²) < 4.78 is 0. The second-order valence-corrected chi connectivity index (χ2v) is 5.48. The van der Waals surface area contributed by atoms with Crippen molar-refractivity contribution in [3.63, 3.8) is 0 Å². The lowest BCUT2D eigenvalue weighted by Crippen LogP contribution is -1.93. The van der Waals surface area contributed by atoms with Gasteiger partial charge in [0.05, 0.1) is 0 Å². The van der Waals surface area contributed by atoms with Crippen molar-refractivity contribution in [2.75, 3.05) is 5.73 Å². The highest BCUT2D eigenvalue weighted by atomic mass is 32.1. The molecule has 2 heterocycles. The summed E-state index contributed by atoms with van der Waals surface area (Å²) in [7, 11) is 0. The SMILES string of the molecule is C/C=C(/c1ccc(-c2nccs2)cc1)c1ccc(N)nc1. The number of thiazole rings is 1. The third-order valence-electron chi connectivity index (χ3n) is 3.26. The largest absolute Gasteiger partial charge is 0.384 e. The van der Waals surface area contributed by atoms with E-state index < -0.39 is 0 Å². The fraction of sp³-hybridized carbons (Fsp3) is 0.0588. The Morgan fingerprint density at radius 1 is 1.05 bits per heavy atom. The highest BCUT2D eigenvalue weighted by Crippen LogP contribution is 2.27. The zero-order valence-corrected chi connectivity index (χ0v) is 12.5. The van der Waals surface area contributed by atoms with E-state index in [2.05, 4.69) is 40.3 Å². The number of hydrogen-bond acceptors (Lipinski definition) is 4. The molecule has 3 aromatic rings. The topological polar surface area (TPSA) is 51.8 Å². The van der Waals surface area contributed by atoms with Gasteiger partial charge >= 0.3 is 0 Å². The quantitative estimate of drug-likeness (QED) is 0.786. The Labute approximate surface area is 127 Å². The lowest BCUT2D eigenvalue weighted by molar-refractivity contribution is 1.31. The van der Waals surface area contributed by atoms with Gasteiger partial charge in [-0.25, -0.2) is 9.97 Å². The van der Waals surface area contributed by atoms with Gasteiger partial charge in [0.1, 0.15) is 10.8 Å². The number of allylic oxidation sites excluding steroid dienone is 1. The second kappa shape index (κ2) is 5.89. The number of nitrogen functional groups attached to an aromatic ring is 1. The third kappa shape index (κ3) is 2.85. The molecule has 0 bridgehead atoms. The summed E-state index contributed by atoms with van der Waals surface area (Å²) in [5.74, 6) is 0.535. The molecule has 0 aliphatic carbocycles. The first-order chi connectivity index (χ1) is 10.3. The molecule has 0 fully saturated rings. The Kier molecular flexibility index (Phi) is 3.79. The van der Waals surface area contributed by atoms with Gasteiger partial charge < -0.3 is 5.73 Å². The van der Waals surface area contributed by atoms with Crippen molar-refractivity contribution in [1.29, 1.82) is 0 Å². The first-order valence-electron chi connectivity index (χ1n) is 6.66. The molecule has 2 N–H and O–H groups in total. The van der Waals surface area contributed by atoms with Crippen LogP contribution in [0.4, 0.5) is 5.82 Å². The number of aromatic nitrogens is 2. The number of rotatable bonds is 3. The Morgan fingerprint density at radius 2 is 1.81 bits per heavy atom. The Balaban J connectivity index is 1.93. The molecule has 0 aliphatic rings. The first kappa shape index (κ1) is 13.5. The number of pyridine rings is 1. The van der Waals surface area contributed by atoms with Crippen molar-refractivity contribution >= 4 is 22.7 Å². The average molecular weight is 293 g/mol. The number of anilines is 1. The lowest BCUT2D eigenvalue weighted by atomic mass is 9.98. The van der Waals surface area contributed by atoms with E-state index in [1.165, 1.54) is 0 Å². The molecule has 0 saturated carbocycles. The van der Waals surface area contributed by atoms with Crippen LogP contribution >= 0.6 is 11.3 Å². The number of nitrogens with two attached hydrogens (primary N) is 1. The summed E-state index contributed by atoms with van der Waals surface area (Å²) >= 11 is 1.64. The van der Waals surface area contributed by atoms with Gasteiger partial charge in [-0.05, 0) is 30.2 Å². The van der Waals surface area contributed by atoms with Crippen molar-refractivity contribution in [2.24, 2.45) is 0 Å². The minimum atomic E-state index is 0.535. The van der Waals surface area contributed by atoms with E-state index in [-0.39, 0.29) is 0 Å². The van der Waals surface area contributed by atoms with Crippen LogP contribution in [-0.4, -0.2) is 9.97 Å². The molecule has 3 rings (SSSR count). The summed E-state index contributed by atoms with van der Waals surface area (Å²) in [6.07, 6.45) is 5.72. The summed E-state index contributed by atoms with van der Waals surface area (Å²) in [6.45, 7) is 2.03. The van der Waals surface area contributed by atoms with E-state index in [9.17, 15) is 0 Å². The van der Waals surface area contributed by atoms with Crippen molar-refractivity contribution in [3.05, 3.63) is 71.4 Å². The molecule has 4 heteroatoms. The van der Waals surface area contributed by atoms with Crippen LogP contribution in [0.3, 0.4) is 0 Å². The van der Waals surface area contributed by atoms with E-state index in [0.29, 0.717) is 5.82 Å². The second-order valence-electron chi connectivity index (χ2n) is 4.59. The molecule has 21 heavy (non-hydrogen) atoms. The third-order valence-corrected chi connectivity index (χ3v) is 4.08. The van der Waals surface area contributed by atoms with Crippen molar-refractivity contribution in [2.45, 2.75) is 6.92 Å². The van der Waals surface area contributed by atoms with Crippen molar-refractivity contribution < 1.29 is 0 Å².